The number of benzene rings is 1. The van der Waals surface area contributed by atoms with Gasteiger partial charge in [0.2, 0.25) is 0 Å². The second-order valence-electron chi connectivity index (χ2n) is 4.76. The zero-order valence-electron chi connectivity index (χ0n) is 11.4. The Bertz CT molecular complexity index is 699. The lowest BCUT2D eigenvalue weighted by atomic mass is 10.2. The molecule has 0 spiro atoms. The zero-order chi connectivity index (χ0) is 14.8. The van der Waals surface area contributed by atoms with Gasteiger partial charge >= 0.3 is 0 Å². The predicted molar refractivity (Wildman–Crippen MR) is 84.2 cm³/mol. The maximum Gasteiger partial charge on any atom is 0.161 e. The fourth-order valence-corrected chi connectivity index (χ4v) is 3.90. The van der Waals surface area contributed by atoms with Gasteiger partial charge in [0, 0.05) is 16.4 Å². The number of aryl methyl sites for hydroxylation is 1. The van der Waals surface area contributed by atoms with Crippen LogP contribution in [0.15, 0.2) is 47.1 Å². The summed E-state index contributed by atoms with van der Waals surface area (Å²) >= 11 is 3.33. The topological polar surface area (TPSA) is 47.0 Å². The van der Waals surface area contributed by atoms with Crippen molar-refractivity contribution in [1.29, 1.82) is 0 Å². The Labute approximate surface area is 128 Å². The highest BCUT2D eigenvalue weighted by atomic mass is 79.9. The molecule has 1 aromatic carbocycles. The van der Waals surface area contributed by atoms with E-state index in [1.165, 1.54) is 0 Å². The van der Waals surface area contributed by atoms with E-state index in [9.17, 15) is 8.42 Å². The normalized spacial score (nSPS) is 13.2. The first kappa shape index (κ1) is 15.2. The summed E-state index contributed by atoms with van der Waals surface area (Å²) in [6.07, 6.45) is 1.67. The van der Waals surface area contributed by atoms with Crippen LogP contribution in [0.1, 0.15) is 29.0 Å². The number of sulfone groups is 1. The minimum atomic E-state index is -3.27. The van der Waals surface area contributed by atoms with Crippen molar-refractivity contribution in [3.05, 3.63) is 63.9 Å². The molecule has 0 amide bonds. The lowest BCUT2D eigenvalue weighted by molar-refractivity contribution is 0.585. The van der Waals surface area contributed by atoms with Gasteiger partial charge in [-0.3, -0.25) is 4.98 Å². The quantitative estimate of drug-likeness (QED) is 0.838. The van der Waals surface area contributed by atoms with Crippen molar-refractivity contribution in [2.75, 3.05) is 0 Å². The van der Waals surface area contributed by atoms with Crippen LogP contribution in [-0.4, -0.2) is 13.4 Å². The Kier molecular flexibility index (Phi) is 4.60. The summed E-state index contributed by atoms with van der Waals surface area (Å²) in [4.78, 5) is 4.18. The Balaban J connectivity index is 2.30. The molecule has 3 nitrogen and oxygen atoms in total. The molecular weight excluding hydrogens is 338 g/mol. The maximum absolute atomic E-state index is 12.5. The molecule has 1 heterocycles. The van der Waals surface area contributed by atoms with Gasteiger partial charge in [0.25, 0.3) is 0 Å². The minimum Gasteiger partial charge on any atom is -0.260 e. The molecule has 0 bridgehead atoms. The number of pyridine rings is 1. The molecular formula is C15H16BrNO2S. The van der Waals surface area contributed by atoms with Gasteiger partial charge in [-0.25, -0.2) is 8.42 Å². The molecule has 1 aromatic heterocycles. The van der Waals surface area contributed by atoms with Crippen LogP contribution < -0.4 is 0 Å². The highest BCUT2D eigenvalue weighted by Gasteiger charge is 2.23. The molecule has 0 aliphatic rings. The molecule has 0 fully saturated rings. The van der Waals surface area contributed by atoms with Crippen molar-refractivity contribution in [3.8, 4) is 0 Å². The SMILES string of the molecule is Cc1ncc(Br)cc1CS(=O)(=O)C(C)c1ccccc1. The van der Waals surface area contributed by atoms with Crippen LogP contribution >= 0.6 is 15.9 Å². The molecule has 0 N–H and O–H groups in total. The summed E-state index contributed by atoms with van der Waals surface area (Å²) < 4.78 is 25.8. The number of rotatable bonds is 4. The van der Waals surface area contributed by atoms with Crippen LogP contribution in [0.5, 0.6) is 0 Å². The Morgan fingerprint density at radius 1 is 1.25 bits per heavy atom. The zero-order valence-corrected chi connectivity index (χ0v) is 13.8. The van der Waals surface area contributed by atoms with E-state index in [-0.39, 0.29) is 5.75 Å². The van der Waals surface area contributed by atoms with Crippen LogP contribution in [0.3, 0.4) is 0 Å². The number of halogens is 1. The van der Waals surface area contributed by atoms with Gasteiger partial charge in [-0.2, -0.15) is 0 Å². The highest BCUT2D eigenvalue weighted by Crippen LogP contribution is 2.26. The van der Waals surface area contributed by atoms with Gasteiger partial charge in [-0.15, -0.1) is 0 Å². The van der Waals surface area contributed by atoms with Crippen molar-refractivity contribution in [2.45, 2.75) is 24.9 Å². The van der Waals surface area contributed by atoms with Gasteiger partial charge in [-0.05, 0) is 47.0 Å². The predicted octanol–water partition coefficient (Wildman–Crippen LogP) is 3.83. The standard InChI is InChI=1S/C15H16BrNO2S/c1-11-14(8-15(16)9-17-11)10-20(18,19)12(2)13-6-4-3-5-7-13/h3-9,12H,10H2,1-2H3. The van der Waals surface area contributed by atoms with Gasteiger partial charge in [0.1, 0.15) is 0 Å². The van der Waals surface area contributed by atoms with Crippen LogP contribution in [-0.2, 0) is 15.6 Å². The molecule has 0 radical (unpaired) electrons. The molecule has 2 rings (SSSR count). The van der Waals surface area contributed by atoms with E-state index in [0.29, 0.717) is 0 Å². The summed E-state index contributed by atoms with van der Waals surface area (Å²) in [5, 5.41) is -0.526. The van der Waals surface area contributed by atoms with Gasteiger partial charge < -0.3 is 0 Å². The van der Waals surface area contributed by atoms with E-state index in [1.54, 1.807) is 13.1 Å². The molecule has 5 heteroatoms. The first-order chi connectivity index (χ1) is 9.40. The molecule has 0 aliphatic carbocycles. The van der Waals surface area contributed by atoms with E-state index in [1.807, 2.05) is 43.3 Å². The number of nitrogens with zero attached hydrogens (tertiary/aromatic N) is 1. The average molecular weight is 354 g/mol. The molecule has 2 aromatic rings. The van der Waals surface area contributed by atoms with Crippen molar-refractivity contribution >= 4 is 25.8 Å². The van der Waals surface area contributed by atoms with Crippen LogP contribution in [0, 0.1) is 6.92 Å². The maximum atomic E-state index is 12.5. The van der Waals surface area contributed by atoms with Gasteiger partial charge in [0.15, 0.2) is 9.84 Å². The first-order valence-electron chi connectivity index (χ1n) is 6.27. The third kappa shape index (κ3) is 3.46. The van der Waals surface area contributed by atoms with E-state index in [4.69, 9.17) is 0 Å². The Hall–Kier alpha value is -1.20. The van der Waals surface area contributed by atoms with E-state index in [2.05, 4.69) is 20.9 Å². The highest BCUT2D eigenvalue weighted by molar-refractivity contribution is 9.10. The molecule has 0 aliphatic heterocycles. The summed E-state index contributed by atoms with van der Waals surface area (Å²) in [5.41, 5.74) is 2.30. The first-order valence-corrected chi connectivity index (χ1v) is 8.78. The summed E-state index contributed by atoms with van der Waals surface area (Å²) in [6.45, 7) is 3.55. The molecule has 0 saturated heterocycles. The summed E-state index contributed by atoms with van der Waals surface area (Å²) in [5.74, 6) is 0.00132. The third-order valence-corrected chi connectivity index (χ3v) is 5.82. The van der Waals surface area contributed by atoms with Crippen molar-refractivity contribution < 1.29 is 8.42 Å². The smallest absolute Gasteiger partial charge is 0.161 e. The van der Waals surface area contributed by atoms with Gasteiger partial charge in [-0.1, -0.05) is 30.3 Å². The monoisotopic (exact) mass is 353 g/mol. The van der Waals surface area contributed by atoms with Crippen LogP contribution in [0.4, 0.5) is 0 Å². The van der Waals surface area contributed by atoms with Crippen LogP contribution in [0.25, 0.3) is 0 Å². The second kappa shape index (κ2) is 6.06. The largest absolute Gasteiger partial charge is 0.260 e. The van der Waals surface area contributed by atoms with E-state index < -0.39 is 15.1 Å². The fourth-order valence-electron chi connectivity index (χ4n) is 1.97. The van der Waals surface area contributed by atoms with Crippen molar-refractivity contribution in [1.82, 2.24) is 4.98 Å². The third-order valence-electron chi connectivity index (χ3n) is 3.32. The average Bonchev–Trinajstić information content (AvgIpc) is 2.43. The molecule has 20 heavy (non-hydrogen) atoms. The van der Waals surface area contributed by atoms with E-state index in [0.717, 1.165) is 21.3 Å². The Morgan fingerprint density at radius 3 is 2.55 bits per heavy atom. The fraction of sp³-hybridized carbons (Fsp3) is 0.267. The molecule has 1 atom stereocenters. The number of aromatic nitrogens is 1. The Morgan fingerprint density at radius 2 is 1.90 bits per heavy atom. The van der Waals surface area contributed by atoms with Crippen molar-refractivity contribution in [2.24, 2.45) is 0 Å². The molecule has 106 valence electrons. The minimum absolute atomic E-state index is 0.00132. The van der Waals surface area contributed by atoms with Gasteiger partial charge in [0.05, 0.1) is 11.0 Å². The molecule has 1 unspecified atom stereocenters. The number of hydrogen-bond acceptors (Lipinski definition) is 3. The lowest BCUT2D eigenvalue weighted by Gasteiger charge is -2.14. The van der Waals surface area contributed by atoms with E-state index >= 15 is 0 Å². The number of hydrogen-bond donors (Lipinski definition) is 0. The van der Waals surface area contributed by atoms with Crippen LogP contribution in [0.2, 0.25) is 0 Å². The summed E-state index contributed by atoms with van der Waals surface area (Å²) in [6, 6.07) is 11.1. The summed E-state index contributed by atoms with van der Waals surface area (Å²) in [7, 11) is -3.27. The van der Waals surface area contributed by atoms with Crippen molar-refractivity contribution in [3.63, 3.8) is 0 Å². The second-order valence-corrected chi connectivity index (χ2v) is 8.00. The molecule has 0 saturated carbocycles. The lowest BCUT2D eigenvalue weighted by Crippen LogP contribution is -2.13.